The Hall–Kier alpha value is -2.31. The third kappa shape index (κ3) is 3.84. The summed E-state index contributed by atoms with van der Waals surface area (Å²) >= 11 is 0. The molecule has 0 fully saturated rings. The Morgan fingerprint density at radius 2 is 2.00 bits per heavy atom. The maximum atomic E-state index is 11.4. The molecule has 110 valence electrons. The van der Waals surface area contributed by atoms with Gasteiger partial charge in [-0.3, -0.25) is 10.1 Å². The minimum atomic E-state index is -0.701. The molecular weight excluding hydrogens is 264 g/mol. The molecular formula is C13H18N2O5. The van der Waals surface area contributed by atoms with Crippen LogP contribution in [0.3, 0.4) is 0 Å². The number of rotatable bonds is 6. The number of hydrogen-bond acceptors (Lipinski definition) is 6. The Balaban J connectivity index is 3.12. The molecule has 1 rings (SSSR count). The number of carbonyl (C=O) groups excluding carboxylic acids is 1. The van der Waals surface area contributed by atoms with Crippen LogP contribution in [-0.4, -0.2) is 30.1 Å². The molecule has 0 saturated carbocycles. The number of nitro groups is 1. The molecule has 7 heteroatoms. The second-order valence-electron chi connectivity index (χ2n) is 4.47. The molecule has 1 aromatic carbocycles. The summed E-state index contributed by atoms with van der Waals surface area (Å²) < 4.78 is 9.99. The smallest absolute Gasteiger partial charge is 0.333 e. The van der Waals surface area contributed by atoms with Crippen molar-refractivity contribution in [3.05, 3.63) is 28.3 Å². The Morgan fingerprint density at radius 1 is 1.35 bits per heavy atom. The van der Waals surface area contributed by atoms with Crippen molar-refractivity contribution in [1.29, 1.82) is 0 Å². The first-order chi connectivity index (χ1) is 9.36. The summed E-state index contributed by atoms with van der Waals surface area (Å²) in [5.41, 5.74) is 0.0167. The van der Waals surface area contributed by atoms with Gasteiger partial charge in [-0.15, -0.1) is 0 Å². The molecule has 0 amide bonds. The van der Waals surface area contributed by atoms with Crippen LogP contribution in [0.1, 0.15) is 20.8 Å². The molecule has 0 radical (unpaired) electrons. The molecule has 0 bridgehead atoms. The summed E-state index contributed by atoms with van der Waals surface area (Å²) in [4.78, 5) is 22.1. The van der Waals surface area contributed by atoms with Crippen LogP contribution in [0.2, 0.25) is 0 Å². The van der Waals surface area contributed by atoms with Crippen LogP contribution < -0.4 is 10.1 Å². The van der Waals surface area contributed by atoms with Crippen LogP contribution in [-0.2, 0) is 9.53 Å². The van der Waals surface area contributed by atoms with E-state index < -0.39 is 16.9 Å². The first-order valence-corrected chi connectivity index (χ1v) is 6.15. The maximum absolute atomic E-state index is 11.4. The van der Waals surface area contributed by atoms with Crippen LogP contribution in [0.15, 0.2) is 18.2 Å². The van der Waals surface area contributed by atoms with Crippen molar-refractivity contribution >= 4 is 17.3 Å². The summed E-state index contributed by atoms with van der Waals surface area (Å²) in [5.74, 6) is -0.346. The van der Waals surface area contributed by atoms with Crippen molar-refractivity contribution < 1.29 is 19.2 Å². The van der Waals surface area contributed by atoms with Gasteiger partial charge in [0.1, 0.15) is 11.7 Å². The summed E-state index contributed by atoms with van der Waals surface area (Å²) in [7, 11) is 1.26. The molecule has 0 aliphatic heterocycles. The number of benzene rings is 1. The van der Waals surface area contributed by atoms with Crippen molar-refractivity contribution in [1.82, 2.24) is 0 Å². The van der Waals surface area contributed by atoms with E-state index in [0.29, 0.717) is 0 Å². The van der Waals surface area contributed by atoms with Gasteiger partial charge >= 0.3 is 11.7 Å². The van der Waals surface area contributed by atoms with Gasteiger partial charge in [0, 0.05) is 0 Å². The quantitative estimate of drug-likeness (QED) is 0.489. The van der Waals surface area contributed by atoms with Crippen LogP contribution in [0.5, 0.6) is 5.75 Å². The van der Waals surface area contributed by atoms with Crippen molar-refractivity contribution in [3.8, 4) is 5.75 Å². The van der Waals surface area contributed by atoms with Crippen molar-refractivity contribution in [3.63, 3.8) is 0 Å². The normalized spacial score (nSPS) is 11.8. The second kappa shape index (κ2) is 6.74. The number of nitro benzene ring substituents is 1. The van der Waals surface area contributed by atoms with E-state index in [1.165, 1.54) is 19.2 Å². The Kier molecular flexibility index (Phi) is 5.31. The van der Waals surface area contributed by atoms with Gasteiger partial charge in [0.15, 0.2) is 5.75 Å². The highest BCUT2D eigenvalue weighted by molar-refractivity contribution is 5.81. The number of hydrogen-bond donors (Lipinski definition) is 1. The van der Waals surface area contributed by atoms with Gasteiger partial charge < -0.3 is 14.8 Å². The highest BCUT2D eigenvalue weighted by Crippen LogP contribution is 2.35. The molecule has 20 heavy (non-hydrogen) atoms. The van der Waals surface area contributed by atoms with Gasteiger partial charge in [-0.25, -0.2) is 4.79 Å². The van der Waals surface area contributed by atoms with E-state index in [-0.39, 0.29) is 23.2 Å². The molecule has 0 saturated heterocycles. The van der Waals surface area contributed by atoms with Crippen LogP contribution in [0.25, 0.3) is 0 Å². The summed E-state index contributed by atoms with van der Waals surface area (Å²) in [6, 6.07) is 3.96. The lowest BCUT2D eigenvalue weighted by molar-refractivity contribution is -0.385. The number of ether oxygens (including phenoxy) is 2. The fraction of sp³-hybridized carbons (Fsp3) is 0.462. The van der Waals surface area contributed by atoms with E-state index in [4.69, 9.17) is 4.74 Å². The highest BCUT2D eigenvalue weighted by atomic mass is 16.6. The molecule has 0 spiro atoms. The Morgan fingerprint density at radius 3 is 2.50 bits per heavy atom. The van der Waals surface area contributed by atoms with E-state index >= 15 is 0 Å². The number of esters is 1. The topological polar surface area (TPSA) is 90.7 Å². The predicted molar refractivity (Wildman–Crippen MR) is 74.0 cm³/mol. The van der Waals surface area contributed by atoms with Gasteiger partial charge in [-0.2, -0.15) is 0 Å². The van der Waals surface area contributed by atoms with Crippen LogP contribution in [0.4, 0.5) is 11.4 Å². The number of methoxy groups -OCH3 is 1. The molecule has 0 aliphatic carbocycles. The monoisotopic (exact) mass is 282 g/mol. The average molecular weight is 282 g/mol. The number of nitrogens with one attached hydrogen (secondary N) is 1. The van der Waals surface area contributed by atoms with E-state index in [9.17, 15) is 14.9 Å². The summed E-state index contributed by atoms with van der Waals surface area (Å²) in [5, 5.41) is 14.0. The zero-order chi connectivity index (χ0) is 15.3. The predicted octanol–water partition coefficient (Wildman–Crippen LogP) is 2.36. The largest absolute Gasteiger partial charge is 0.484 e. The van der Waals surface area contributed by atoms with Crippen LogP contribution in [0, 0.1) is 10.1 Å². The van der Waals surface area contributed by atoms with E-state index in [2.05, 4.69) is 10.1 Å². The molecule has 1 N–H and O–H groups in total. The molecule has 1 unspecified atom stereocenters. The minimum Gasteiger partial charge on any atom is -0.484 e. The van der Waals surface area contributed by atoms with Gasteiger partial charge in [0.2, 0.25) is 0 Å². The molecule has 0 aromatic heterocycles. The Bertz CT molecular complexity index is 502. The van der Waals surface area contributed by atoms with Crippen molar-refractivity contribution in [2.75, 3.05) is 12.4 Å². The summed E-state index contributed by atoms with van der Waals surface area (Å²) in [6.45, 7) is 5.12. The fourth-order valence-electron chi connectivity index (χ4n) is 1.65. The zero-order valence-electron chi connectivity index (χ0n) is 11.9. The SMILES string of the molecule is COC(=O)C(C)Nc1cccc(OC(C)C)c1[N+](=O)[O-]. The van der Waals surface area contributed by atoms with E-state index in [1.54, 1.807) is 26.8 Å². The lowest BCUT2D eigenvalue weighted by Crippen LogP contribution is -2.27. The van der Waals surface area contributed by atoms with Crippen molar-refractivity contribution in [2.45, 2.75) is 32.9 Å². The lowest BCUT2D eigenvalue weighted by atomic mass is 10.2. The number of para-hydroxylation sites is 1. The van der Waals surface area contributed by atoms with Crippen molar-refractivity contribution in [2.24, 2.45) is 0 Å². The van der Waals surface area contributed by atoms with Gasteiger partial charge in [0.05, 0.1) is 18.1 Å². The molecule has 0 aliphatic rings. The van der Waals surface area contributed by atoms with Gasteiger partial charge in [-0.1, -0.05) is 6.07 Å². The first-order valence-electron chi connectivity index (χ1n) is 6.15. The maximum Gasteiger partial charge on any atom is 0.333 e. The standard InChI is InChI=1S/C13H18N2O5/c1-8(2)20-11-7-5-6-10(12(11)15(17)18)14-9(3)13(16)19-4/h5-9,14H,1-4H3. The molecule has 7 nitrogen and oxygen atoms in total. The van der Waals surface area contributed by atoms with E-state index in [1.807, 2.05) is 0 Å². The number of nitrogens with zero attached hydrogens (tertiary/aromatic N) is 1. The van der Waals surface area contributed by atoms with Gasteiger partial charge in [0.25, 0.3) is 0 Å². The van der Waals surface area contributed by atoms with Gasteiger partial charge in [-0.05, 0) is 32.9 Å². The number of anilines is 1. The molecule has 1 atom stereocenters. The molecule has 0 heterocycles. The zero-order valence-corrected chi connectivity index (χ0v) is 11.9. The Labute approximate surface area is 117 Å². The second-order valence-corrected chi connectivity index (χ2v) is 4.47. The average Bonchev–Trinajstić information content (AvgIpc) is 2.36. The third-order valence-electron chi connectivity index (χ3n) is 2.47. The lowest BCUT2D eigenvalue weighted by Gasteiger charge is -2.15. The van der Waals surface area contributed by atoms with Crippen LogP contribution >= 0.6 is 0 Å². The molecule has 1 aromatic rings. The first kappa shape index (κ1) is 15.7. The fourth-order valence-corrected chi connectivity index (χ4v) is 1.65. The van der Waals surface area contributed by atoms with E-state index in [0.717, 1.165) is 0 Å². The summed E-state index contributed by atoms with van der Waals surface area (Å²) in [6.07, 6.45) is -0.193. The highest BCUT2D eigenvalue weighted by Gasteiger charge is 2.24. The minimum absolute atomic E-state index is 0.159. The third-order valence-corrected chi connectivity index (χ3v) is 2.47. The number of carbonyl (C=O) groups is 1.